The average molecular weight is 270 g/mol. The summed E-state index contributed by atoms with van der Waals surface area (Å²) in [7, 11) is 0. The molecular weight excluding hydrogens is 256 g/mol. The lowest BCUT2D eigenvalue weighted by Crippen LogP contribution is -2.13. The second-order valence-electron chi connectivity index (χ2n) is 4.27. The highest BCUT2D eigenvalue weighted by Crippen LogP contribution is 2.14. The molecule has 1 aromatic carbocycles. The van der Waals surface area contributed by atoms with Crippen LogP contribution in [0.25, 0.3) is 0 Å². The lowest BCUT2D eigenvalue weighted by Gasteiger charge is -2.05. The predicted molar refractivity (Wildman–Crippen MR) is 74.3 cm³/mol. The number of nitrogens with one attached hydrogen (secondary N) is 1. The molecule has 2 rings (SSSR count). The zero-order valence-corrected chi connectivity index (χ0v) is 11.2. The number of benzene rings is 1. The molecule has 0 atom stereocenters. The molecule has 0 radical (unpaired) electrons. The number of hydrogen-bond donors (Lipinski definition) is 2. The van der Waals surface area contributed by atoms with Crippen LogP contribution in [-0.2, 0) is 0 Å². The fourth-order valence-corrected chi connectivity index (χ4v) is 1.69. The molecular formula is C15H14N2O3. The molecule has 0 aliphatic rings. The van der Waals surface area contributed by atoms with Gasteiger partial charge in [0.05, 0.1) is 0 Å². The molecule has 0 aliphatic carbocycles. The molecule has 20 heavy (non-hydrogen) atoms. The molecule has 2 aromatic rings. The van der Waals surface area contributed by atoms with E-state index >= 15 is 0 Å². The van der Waals surface area contributed by atoms with Gasteiger partial charge in [0.15, 0.2) is 5.82 Å². The Morgan fingerprint density at radius 2 is 2.20 bits per heavy atom. The molecule has 0 spiro atoms. The lowest BCUT2D eigenvalue weighted by atomic mass is 10.0. The van der Waals surface area contributed by atoms with E-state index in [1.54, 1.807) is 25.1 Å². The zero-order chi connectivity index (χ0) is 14.5. The maximum absolute atomic E-state index is 12.2. The molecule has 0 bridgehead atoms. The number of aliphatic hydroxyl groups is 1. The normalized spacial score (nSPS) is 9.75. The smallest absolute Gasteiger partial charge is 0.257 e. The Morgan fingerprint density at radius 1 is 1.40 bits per heavy atom. The van der Waals surface area contributed by atoms with Crippen molar-refractivity contribution < 1.29 is 14.4 Å². The van der Waals surface area contributed by atoms with E-state index in [1.807, 2.05) is 13.0 Å². The van der Waals surface area contributed by atoms with Crippen LogP contribution in [0.5, 0.6) is 0 Å². The van der Waals surface area contributed by atoms with E-state index in [1.165, 1.54) is 0 Å². The van der Waals surface area contributed by atoms with E-state index < -0.39 is 0 Å². The second kappa shape index (κ2) is 6.04. The zero-order valence-electron chi connectivity index (χ0n) is 11.2. The molecule has 5 nitrogen and oxygen atoms in total. The predicted octanol–water partition coefficient (Wildman–Crippen LogP) is 1.89. The summed E-state index contributed by atoms with van der Waals surface area (Å²) >= 11 is 0. The molecule has 0 saturated carbocycles. The number of nitrogens with zero attached hydrogens (tertiary/aromatic N) is 1. The van der Waals surface area contributed by atoms with Crippen LogP contribution in [0.2, 0.25) is 0 Å². The van der Waals surface area contributed by atoms with E-state index in [9.17, 15) is 4.79 Å². The van der Waals surface area contributed by atoms with Crippen LogP contribution < -0.4 is 5.32 Å². The minimum atomic E-state index is -0.275. The fraction of sp³-hybridized carbons (Fsp3) is 0.200. The molecule has 102 valence electrons. The Morgan fingerprint density at radius 3 is 2.85 bits per heavy atom. The van der Waals surface area contributed by atoms with Crippen molar-refractivity contribution in [2.24, 2.45) is 0 Å². The summed E-state index contributed by atoms with van der Waals surface area (Å²) in [4.78, 5) is 12.2. The number of rotatable bonds is 2. The number of hydrogen-bond acceptors (Lipinski definition) is 4. The van der Waals surface area contributed by atoms with Crippen molar-refractivity contribution in [3.8, 4) is 11.8 Å². The first-order valence-corrected chi connectivity index (χ1v) is 6.05. The van der Waals surface area contributed by atoms with Crippen LogP contribution in [0.3, 0.4) is 0 Å². The van der Waals surface area contributed by atoms with Gasteiger partial charge >= 0.3 is 0 Å². The van der Waals surface area contributed by atoms with Crippen molar-refractivity contribution in [1.29, 1.82) is 0 Å². The molecule has 0 fully saturated rings. The van der Waals surface area contributed by atoms with Gasteiger partial charge in [-0.2, -0.15) is 0 Å². The second-order valence-corrected chi connectivity index (χ2v) is 4.27. The summed E-state index contributed by atoms with van der Waals surface area (Å²) in [6.07, 6.45) is 0. The quantitative estimate of drug-likeness (QED) is 0.817. The van der Waals surface area contributed by atoms with Crippen molar-refractivity contribution in [2.45, 2.75) is 13.8 Å². The molecule has 2 N–H and O–H groups in total. The van der Waals surface area contributed by atoms with Gasteiger partial charge in [0.2, 0.25) is 0 Å². The first-order chi connectivity index (χ1) is 9.60. The van der Waals surface area contributed by atoms with E-state index in [0.29, 0.717) is 22.7 Å². The van der Waals surface area contributed by atoms with Crippen molar-refractivity contribution >= 4 is 11.7 Å². The number of carbonyl (C=O) groups is 1. The van der Waals surface area contributed by atoms with Gasteiger partial charge in [-0.3, -0.25) is 4.79 Å². The Bertz CT molecular complexity index is 693. The van der Waals surface area contributed by atoms with Crippen LogP contribution in [0, 0.1) is 25.7 Å². The van der Waals surface area contributed by atoms with Crippen molar-refractivity contribution in [2.75, 3.05) is 11.9 Å². The average Bonchev–Trinajstić information content (AvgIpc) is 2.83. The Hall–Kier alpha value is -2.58. The minimum Gasteiger partial charge on any atom is -0.384 e. The third kappa shape index (κ3) is 3.25. The SMILES string of the molecule is Cc1cc(NC(=O)c2cc(C#CCO)ccc2C)no1. The van der Waals surface area contributed by atoms with E-state index in [4.69, 9.17) is 9.63 Å². The Kier molecular flexibility index (Phi) is 4.18. The van der Waals surface area contributed by atoms with Crippen LogP contribution in [0.4, 0.5) is 5.82 Å². The fourth-order valence-electron chi connectivity index (χ4n) is 1.69. The molecule has 0 saturated heterocycles. The van der Waals surface area contributed by atoms with Gasteiger partial charge in [-0.15, -0.1) is 0 Å². The number of anilines is 1. The van der Waals surface area contributed by atoms with Crippen molar-refractivity contribution in [3.63, 3.8) is 0 Å². The molecule has 5 heteroatoms. The number of amides is 1. The third-order valence-electron chi connectivity index (χ3n) is 2.66. The maximum atomic E-state index is 12.2. The lowest BCUT2D eigenvalue weighted by molar-refractivity contribution is 0.102. The highest BCUT2D eigenvalue weighted by molar-refractivity contribution is 6.05. The summed E-state index contributed by atoms with van der Waals surface area (Å²) in [6.45, 7) is 3.37. The Balaban J connectivity index is 2.24. The highest BCUT2D eigenvalue weighted by Gasteiger charge is 2.11. The number of aromatic nitrogens is 1. The topological polar surface area (TPSA) is 75.4 Å². The van der Waals surface area contributed by atoms with E-state index in [2.05, 4.69) is 22.3 Å². The molecule has 0 unspecified atom stereocenters. The molecule has 1 aromatic heterocycles. The van der Waals surface area contributed by atoms with Crippen molar-refractivity contribution in [3.05, 3.63) is 46.7 Å². The first-order valence-electron chi connectivity index (χ1n) is 6.05. The van der Waals surface area contributed by atoms with E-state index in [-0.39, 0.29) is 12.5 Å². The van der Waals surface area contributed by atoms with Crippen LogP contribution in [-0.4, -0.2) is 22.8 Å². The summed E-state index contributed by atoms with van der Waals surface area (Å²) in [5.41, 5.74) is 2.01. The standard InChI is InChI=1S/C15H14N2O3/c1-10-5-6-12(4-3-7-18)9-13(10)15(19)16-14-8-11(2)20-17-14/h5-6,8-9,18H,7H2,1-2H3,(H,16,17,19). The number of aliphatic hydroxyl groups excluding tert-OH is 1. The number of aryl methyl sites for hydroxylation is 2. The van der Waals surface area contributed by atoms with Gasteiger partial charge in [-0.05, 0) is 31.5 Å². The minimum absolute atomic E-state index is 0.215. The Labute approximate surface area is 116 Å². The third-order valence-corrected chi connectivity index (χ3v) is 2.66. The van der Waals surface area contributed by atoms with Gasteiger partial charge in [0.25, 0.3) is 5.91 Å². The van der Waals surface area contributed by atoms with Crippen LogP contribution >= 0.6 is 0 Å². The number of carbonyl (C=O) groups excluding carboxylic acids is 1. The first kappa shape index (κ1) is 13.8. The molecule has 1 heterocycles. The summed E-state index contributed by atoms with van der Waals surface area (Å²) in [5, 5.41) is 15.1. The van der Waals surface area contributed by atoms with Crippen molar-refractivity contribution in [1.82, 2.24) is 5.16 Å². The molecule has 1 amide bonds. The summed E-state index contributed by atoms with van der Waals surface area (Å²) < 4.78 is 4.89. The summed E-state index contributed by atoms with van der Waals surface area (Å²) in [5.74, 6) is 6.04. The van der Waals surface area contributed by atoms with Gasteiger partial charge in [0.1, 0.15) is 12.4 Å². The largest absolute Gasteiger partial charge is 0.384 e. The summed E-state index contributed by atoms with van der Waals surface area (Å²) in [6, 6.07) is 6.93. The molecule has 0 aliphatic heterocycles. The maximum Gasteiger partial charge on any atom is 0.257 e. The van der Waals surface area contributed by atoms with E-state index in [0.717, 1.165) is 5.56 Å². The van der Waals surface area contributed by atoms with Gasteiger partial charge in [-0.1, -0.05) is 23.1 Å². The highest BCUT2D eigenvalue weighted by atomic mass is 16.5. The van der Waals surface area contributed by atoms with Gasteiger partial charge in [-0.25, -0.2) is 0 Å². The van der Waals surface area contributed by atoms with Gasteiger partial charge in [0, 0.05) is 17.2 Å². The van der Waals surface area contributed by atoms with Gasteiger partial charge < -0.3 is 14.9 Å². The van der Waals surface area contributed by atoms with Crippen LogP contribution in [0.15, 0.2) is 28.8 Å². The van der Waals surface area contributed by atoms with Crippen LogP contribution in [0.1, 0.15) is 27.2 Å². The monoisotopic (exact) mass is 270 g/mol.